The first kappa shape index (κ1) is 57.8. The van der Waals surface area contributed by atoms with E-state index in [1.165, 1.54) is 19.1 Å². The molecule has 15 nitrogen and oxygen atoms in total. The van der Waals surface area contributed by atoms with Crippen LogP contribution in [0.5, 0.6) is 0 Å². The van der Waals surface area contributed by atoms with Gasteiger partial charge in [0.15, 0.2) is 0 Å². The van der Waals surface area contributed by atoms with Crippen LogP contribution in [0.3, 0.4) is 0 Å². The van der Waals surface area contributed by atoms with E-state index in [2.05, 4.69) is 12.2 Å². The molecule has 2 amide bonds. The van der Waals surface area contributed by atoms with E-state index >= 15 is 0 Å². The summed E-state index contributed by atoms with van der Waals surface area (Å²) in [4.78, 5) is 71.8. The fraction of sp³-hybridized carbons (Fsp3) is 0.696. The minimum absolute atomic E-state index is 0.0448. The van der Waals surface area contributed by atoms with Crippen LogP contribution in [-0.4, -0.2) is 139 Å². The second kappa shape index (κ2) is 27.3. The summed E-state index contributed by atoms with van der Waals surface area (Å²) in [6.45, 7) is 12.0. The lowest BCUT2D eigenvalue weighted by Crippen LogP contribution is -2.64. The van der Waals surface area contributed by atoms with E-state index < -0.39 is 83.9 Å². The van der Waals surface area contributed by atoms with Crippen molar-refractivity contribution in [3.63, 3.8) is 0 Å². The number of methoxy groups -OCH3 is 3. The van der Waals surface area contributed by atoms with Gasteiger partial charge in [0.1, 0.15) is 24.0 Å². The number of unbranched alkanes of at least 4 members (excludes halogenated alkanes) is 2. The third-order valence-electron chi connectivity index (χ3n) is 15.4. The Morgan fingerprint density at radius 3 is 2.25 bits per heavy atom. The first-order chi connectivity index (χ1) is 33.8. The Labute approximate surface area is 422 Å². The summed E-state index contributed by atoms with van der Waals surface area (Å²) >= 11 is 0. The van der Waals surface area contributed by atoms with Crippen LogP contribution in [0.15, 0.2) is 53.6 Å². The minimum atomic E-state index is -2.54. The Morgan fingerprint density at radius 1 is 0.887 bits per heavy atom. The summed E-state index contributed by atoms with van der Waals surface area (Å²) in [5, 5.41) is 37.8. The normalized spacial score (nSPS) is 35.3. The third kappa shape index (κ3) is 15.2. The Balaban J connectivity index is 1.51. The van der Waals surface area contributed by atoms with Crippen LogP contribution < -0.4 is 5.32 Å². The number of carbonyl (C=O) groups excluding carboxylic acids is 5. The molecule has 15 heteroatoms. The molecule has 3 fully saturated rings. The lowest BCUT2D eigenvalue weighted by molar-refractivity contribution is -0.302. The smallest absolute Gasteiger partial charge is 0.329 e. The number of rotatable bonds is 13. The molecule has 4 N–H and O–H groups in total. The number of hydrogen-bond acceptors (Lipinski definition) is 13. The van der Waals surface area contributed by atoms with Gasteiger partial charge in [0.05, 0.1) is 30.5 Å². The molecule has 1 aromatic carbocycles. The molecule has 3 aliphatic heterocycles. The van der Waals surface area contributed by atoms with Crippen LogP contribution in [0.4, 0.5) is 0 Å². The van der Waals surface area contributed by atoms with Gasteiger partial charge in [0.25, 0.3) is 17.6 Å². The van der Waals surface area contributed by atoms with Crippen LogP contribution in [0.25, 0.3) is 6.08 Å². The minimum Gasteiger partial charge on any atom is -0.456 e. The van der Waals surface area contributed by atoms with Crippen molar-refractivity contribution in [2.75, 3.05) is 34.4 Å². The predicted molar refractivity (Wildman–Crippen MR) is 270 cm³/mol. The molecule has 0 unspecified atom stereocenters. The van der Waals surface area contributed by atoms with Crippen molar-refractivity contribution in [2.45, 2.75) is 186 Å². The third-order valence-corrected chi connectivity index (χ3v) is 15.4. The zero-order chi connectivity index (χ0) is 52.0. The maximum Gasteiger partial charge on any atom is 0.329 e. The van der Waals surface area contributed by atoms with Gasteiger partial charge in [0.2, 0.25) is 5.79 Å². The zero-order valence-corrected chi connectivity index (χ0v) is 43.8. The summed E-state index contributed by atoms with van der Waals surface area (Å²) in [6.07, 6.45) is 9.51. The van der Waals surface area contributed by atoms with E-state index in [1.807, 2.05) is 57.2 Å². The van der Waals surface area contributed by atoms with Crippen molar-refractivity contribution in [1.29, 1.82) is 0 Å². The van der Waals surface area contributed by atoms with Gasteiger partial charge in [-0.2, -0.15) is 0 Å². The van der Waals surface area contributed by atoms with Crippen LogP contribution in [0.2, 0.25) is 0 Å². The number of piperidine rings is 1. The Hall–Kier alpha value is -4.09. The first-order valence-electron chi connectivity index (χ1n) is 26.2. The van der Waals surface area contributed by atoms with E-state index in [9.17, 15) is 39.3 Å². The summed E-state index contributed by atoms with van der Waals surface area (Å²) < 4.78 is 30.1. The highest BCUT2D eigenvalue weighted by atomic mass is 16.7. The van der Waals surface area contributed by atoms with Gasteiger partial charge in [-0.15, -0.1) is 0 Å². The van der Waals surface area contributed by atoms with E-state index in [-0.39, 0.29) is 55.4 Å². The Kier molecular flexibility index (Phi) is 22.2. The number of benzene rings is 1. The number of carbonyl (C=O) groups is 5. The van der Waals surface area contributed by atoms with E-state index in [4.69, 9.17) is 23.7 Å². The fourth-order valence-electron chi connectivity index (χ4n) is 11.0. The number of Topliss-reactive ketones (excluding diaryl/α,β-unsaturated/α-hetero) is 2. The van der Waals surface area contributed by atoms with Crippen molar-refractivity contribution in [3.8, 4) is 0 Å². The largest absolute Gasteiger partial charge is 0.456 e. The molecule has 1 aliphatic carbocycles. The standard InChI is InChI=1S/C56H84N2O13/c1-10-11-13-25-57-53(63)41-22-19-39(20-23-41)16-15-17-42-28-34(2)27-35(3)29-48(68-8)51-49(69-9)31-37(5)56(66,71-51)52(62)54(64)58-26-14-12-18-43(58)55(65)70-50(38(6)45(60)33-46(42)61)36(4)30-40-21-24-44(59)47(32-40)67-7/h15-16,19-20,22-23,28,30,35,37-38,40,42-45,47-51,59-60,66H,10-14,17-18,21,24-27,29,31-33H2,1-9H3,(H,57,63)/b16-15+,34-28+,36-30+/t35-,37+,38+,40-,42+,43-,44+,45-,47+,48-,49-,50+,51+,56+/m0/s1. The van der Waals surface area contributed by atoms with Gasteiger partial charge in [0, 0.05) is 64.2 Å². The SMILES string of the molecule is CCCCCNC(=O)c1ccc(/C=C/C[C@@H]2/C=C(\C)C[C@H](C)C[C@H](OC)[C@H]3O[C@@](O)(C(=O)C(=O)N4CCCC[C@H]4C(=O)O[C@H](/C(C)=C/[C@@H]4CC[C@@H](O)[C@H](OC)C4)[C@H](C)[C@@H](O)CC2=O)[C@H](C)C[C@@H]3OC)cc1. The maximum absolute atomic E-state index is 14.6. The molecule has 71 heavy (non-hydrogen) atoms. The highest BCUT2D eigenvalue weighted by molar-refractivity contribution is 6.39. The number of aliphatic hydroxyl groups excluding tert-OH is 2. The van der Waals surface area contributed by atoms with E-state index in [1.54, 1.807) is 33.1 Å². The number of ether oxygens (including phenoxy) is 5. The Bertz CT molecular complexity index is 2040. The molecule has 0 spiro atoms. The monoisotopic (exact) mass is 993 g/mol. The van der Waals surface area contributed by atoms with Crippen LogP contribution >= 0.6 is 0 Å². The number of hydrogen-bond donors (Lipinski definition) is 4. The fourth-order valence-corrected chi connectivity index (χ4v) is 11.0. The highest BCUT2D eigenvalue weighted by Gasteiger charge is 2.56. The van der Waals surface area contributed by atoms with Crippen molar-refractivity contribution in [2.24, 2.45) is 29.6 Å². The van der Waals surface area contributed by atoms with Crippen molar-refractivity contribution >= 4 is 35.4 Å². The average Bonchev–Trinajstić information content (AvgIpc) is 3.36. The lowest BCUT2D eigenvalue weighted by Gasteiger charge is -2.47. The molecule has 0 aromatic heterocycles. The molecule has 2 saturated heterocycles. The quantitative estimate of drug-likeness (QED) is 0.0675. The van der Waals surface area contributed by atoms with Crippen molar-refractivity contribution in [3.05, 3.63) is 64.8 Å². The van der Waals surface area contributed by atoms with Crippen LogP contribution in [0, 0.1) is 29.6 Å². The summed E-state index contributed by atoms with van der Waals surface area (Å²) in [5.74, 6) is -8.28. The molecular formula is C56H84N2O13. The number of nitrogens with zero attached hydrogens (tertiary/aromatic N) is 1. The van der Waals surface area contributed by atoms with Gasteiger partial charge in [-0.25, -0.2) is 4.79 Å². The second-order valence-electron chi connectivity index (χ2n) is 21.0. The van der Waals surface area contributed by atoms with Crippen molar-refractivity contribution < 1.29 is 63.0 Å². The van der Waals surface area contributed by atoms with Crippen molar-refractivity contribution in [1.82, 2.24) is 10.2 Å². The highest BCUT2D eigenvalue weighted by Crippen LogP contribution is 2.39. The number of aliphatic hydroxyl groups is 3. The molecule has 4 aliphatic rings. The van der Waals surface area contributed by atoms with E-state index in [0.717, 1.165) is 30.4 Å². The molecule has 1 saturated carbocycles. The summed E-state index contributed by atoms with van der Waals surface area (Å²) in [6, 6.07) is 6.11. The van der Waals surface area contributed by atoms with Crippen LogP contribution in [0.1, 0.15) is 147 Å². The number of nitrogens with one attached hydrogen (secondary N) is 1. The van der Waals surface area contributed by atoms with Gasteiger partial charge in [-0.05, 0) is 120 Å². The molecule has 3 heterocycles. The topological polar surface area (TPSA) is 207 Å². The lowest BCUT2D eigenvalue weighted by atomic mass is 9.81. The molecule has 396 valence electrons. The second-order valence-corrected chi connectivity index (χ2v) is 21.0. The molecule has 5 rings (SSSR count). The van der Waals surface area contributed by atoms with Gasteiger partial charge in [-0.1, -0.05) is 82.5 Å². The van der Waals surface area contributed by atoms with Crippen LogP contribution in [-0.2, 0) is 42.9 Å². The Morgan fingerprint density at radius 2 is 1.58 bits per heavy atom. The number of ketones is 2. The maximum atomic E-state index is 14.6. The summed E-state index contributed by atoms with van der Waals surface area (Å²) in [7, 11) is 4.61. The molecule has 0 radical (unpaired) electrons. The average molecular weight is 993 g/mol. The zero-order valence-electron chi connectivity index (χ0n) is 43.8. The van der Waals surface area contributed by atoms with Gasteiger partial charge in [-0.3, -0.25) is 19.2 Å². The number of allylic oxidation sites excluding steroid dienone is 4. The molecule has 14 atom stereocenters. The van der Waals surface area contributed by atoms with Gasteiger partial charge >= 0.3 is 5.97 Å². The molecule has 2 bridgehead atoms. The van der Waals surface area contributed by atoms with Gasteiger partial charge < -0.3 is 49.2 Å². The number of fused-ring (bicyclic) bond motifs is 3. The number of cyclic esters (lactones) is 1. The van der Waals surface area contributed by atoms with E-state index in [0.29, 0.717) is 69.0 Å². The summed E-state index contributed by atoms with van der Waals surface area (Å²) in [5.41, 5.74) is 2.97. The first-order valence-corrected chi connectivity index (χ1v) is 26.2. The predicted octanol–water partition coefficient (Wildman–Crippen LogP) is 7.09. The number of amides is 2. The number of esters is 1. The molecular weight excluding hydrogens is 909 g/mol. The molecule has 1 aromatic rings.